The van der Waals surface area contributed by atoms with Crippen LogP contribution in [0.4, 0.5) is 0 Å². The Labute approximate surface area is 164 Å². The zero-order valence-corrected chi connectivity index (χ0v) is 16.7. The van der Waals surface area contributed by atoms with Crippen LogP contribution in [0.1, 0.15) is 42.6 Å². The Kier molecular flexibility index (Phi) is 5.71. The van der Waals surface area contributed by atoms with Crippen LogP contribution in [-0.4, -0.2) is 43.3 Å². The average molecular weight is 405 g/mol. The first kappa shape index (κ1) is 20.3. The van der Waals surface area contributed by atoms with Crippen molar-refractivity contribution in [1.29, 1.82) is 0 Å². The maximum atomic E-state index is 12.0. The van der Waals surface area contributed by atoms with E-state index < -0.39 is 15.4 Å². The molecule has 0 aromatic heterocycles. The van der Waals surface area contributed by atoms with Crippen LogP contribution in [0.25, 0.3) is 10.8 Å². The number of likely N-dealkylation sites (tertiary alicyclic amines) is 1. The smallest absolute Gasteiger partial charge is 0.271 e. The van der Waals surface area contributed by atoms with Crippen molar-refractivity contribution < 1.29 is 27.3 Å². The number of imide groups is 1. The standard InChI is InChI=1S/C20H23NO6S/c1-3-18(28(24,25)26)16-7-5-13-4-6-14(27-2)12-17(13)15(16)10-11-21-19(22)8-9-20(21)23/h4-7,12,18H,3,8-11H2,1-2H3,(H,24,25,26). The van der Waals surface area contributed by atoms with E-state index >= 15 is 0 Å². The lowest BCUT2D eigenvalue weighted by molar-refractivity contribution is -0.138. The first-order valence-corrected chi connectivity index (χ1v) is 10.7. The molecule has 2 aromatic rings. The van der Waals surface area contributed by atoms with Gasteiger partial charge in [-0.15, -0.1) is 0 Å². The summed E-state index contributed by atoms with van der Waals surface area (Å²) in [5.41, 5.74) is 1.17. The number of hydrogen-bond acceptors (Lipinski definition) is 5. The highest BCUT2D eigenvalue weighted by molar-refractivity contribution is 7.86. The summed E-state index contributed by atoms with van der Waals surface area (Å²) in [7, 11) is -2.77. The monoisotopic (exact) mass is 405 g/mol. The van der Waals surface area contributed by atoms with Crippen molar-refractivity contribution in [2.45, 2.75) is 37.9 Å². The molecule has 1 saturated heterocycles. The van der Waals surface area contributed by atoms with Gasteiger partial charge in [-0.1, -0.05) is 25.1 Å². The van der Waals surface area contributed by atoms with Gasteiger partial charge in [0.25, 0.3) is 10.1 Å². The van der Waals surface area contributed by atoms with Gasteiger partial charge in [-0.05, 0) is 46.9 Å². The molecule has 0 bridgehead atoms. The summed E-state index contributed by atoms with van der Waals surface area (Å²) >= 11 is 0. The lowest BCUT2D eigenvalue weighted by atomic mass is 9.93. The Bertz CT molecular complexity index is 1010. The number of carbonyl (C=O) groups excluding carboxylic acids is 2. The number of fused-ring (bicyclic) bond motifs is 1. The van der Waals surface area contributed by atoms with Gasteiger partial charge < -0.3 is 4.74 Å². The second-order valence-electron chi connectivity index (χ2n) is 6.82. The maximum absolute atomic E-state index is 12.0. The first-order valence-electron chi connectivity index (χ1n) is 9.15. The van der Waals surface area contributed by atoms with Crippen molar-refractivity contribution in [3.05, 3.63) is 41.5 Å². The van der Waals surface area contributed by atoms with E-state index in [2.05, 4.69) is 0 Å². The number of amides is 2. The summed E-state index contributed by atoms with van der Waals surface area (Å²) in [6.45, 7) is 1.86. The van der Waals surface area contributed by atoms with Crippen molar-refractivity contribution in [1.82, 2.24) is 4.90 Å². The molecule has 3 rings (SSSR count). The van der Waals surface area contributed by atoms with E-state index in [1.165, 1.54) is 4.90 Å². The number of rotatable bonds is 7. The molecule has 0 aliphatic carbocycles. The van der Waals surface area contributed by atoms with Crippen LogP contribution in [0.5, 0.6) is 5.75 Å². The first-order chi connectivity index (χ1) is 13.3. The summed E-state index contributed by atoms with van der Waals surface area (Å²) < 4.78 is 38.9. The molecule has 1 atom stereocenters. The van der Waals surface area contributed by atoms with Gasteiger partial charge in [0.15, 0.2) is 0 Å². The minimum atomic E-state index is -4.31. The Hall–Kier alpha value is -2.45. The van der Waals surface area contributed by atoms with Gasteiger partial charge in [0.1, 0.15) is 11.0 Å². The molecule has 7 nitrogen and oxygen atoms in total. The molecule has 0 spiro atoms. The van der Waals surface area contributed by atoms with E-state index in [1.54, 1.807) is 38.3 Å². The average Bonchev–Trinajstić information content (AvgIpc) is 2.97. The predicted molar refractivity (Wildman–Crippen MR) is 105 cm³/mol. The largest absolute Gasteiger partial charge is 0.497 e. The summed E-state index contributed by atoms with van der Waals surface area (Å²) in [6, 6.07) is 8.97. The van der Waals surface area contributed by atoms with Gasteiger partial charge in [-0.2, -0.15) is 8.42 Å². The van der Waals surface area contributed by atoms with E-state index in [-0.39, 0.29) is 37.6 Å². The van der Waals surface area contributed by atoms with Gasteiger partial charge in [0, 0.05) is 19.4 Å². The third kappa shape index (κ3) is 3.88. The third-order valence-electron chi connectivity index (χ3n) is 5.19. The van der Waals surface area contributed by atoms with Crippen molar-refractivity contribution in [2.75, 3.05) is 13.7 Å². The molecule has 8 heteroatoms. The summed E-state index contributed by atoms with van der Waals surface area (Å²) in [5, 5.41) is 0.574. The second kappa shape index (κ2) is 7.89. The Morgan fingerprint density at radius 2 is 1.79 bits per heavy atom. The Morgan fingerprint density at radius 1 is 1.14 bits per heavy atom. The Morgan fingerprint density at radius 3 is 2.36 bits per heavy atom. The molecule has 0 saturated carbocycles. The normalized spacial score (nSPS) is 16.0. The van der Waals surface area contributed by atoms with Crippen molar-refractivity contribution in [3.8, 4) is 5.75 Å². The highest BCUT2D eigenvalue weighted by Gasteiger charge is 2.30. The number of benzene rings is 2. The molecule has 0 radical (unpaired) electrons. The molecule has 1 fully saturated rings. The van der Waals surface area contributed by atoms with Gasteiger partial charge in [0.2, 0.25) is 11.8 Å². The van der Waals surface area contributed by atoms with Gasteiger partial charge in [-0.25, -0.2) is 0 Å². The molecule has 1 unspecified atom stereocenters. The van der Waals surface area contributed by atoms with Crippen LogP contribution in [-0.2, 0) is 26.1 Å². The fourth-order valence-corrected chi connectivity index (χ4v) is 4.74. The SMILES string of the molecule is CCC(c1ccc2ccc(OC)cc2c1CCN1C(=O)CCC1=O)S(=O)(=O)O. The highest BCUT2D eigenvalue weighted by Crippen LogP contribution is 2.34. The van der Waals surface area contributed by atoms with Crippen LogP contribution >= 0.6 is 0 Å². The lowest BCUT2D eigenvalue weighted by Gasteiger charge is -2.21. The molecule has 2 amide bonds. The topological polar surface area (TPSA) is 101 Å². The van der Waals surface area contributed by atoms with Crippen molar-refractivity contribution in [2.24, 2.45) is 0 Å². The molecular weight excluding hydrogens is 382 g/mol. The zero-order valence-electron chi connectivity index (χ0n) is 15.8. The minimum absolute atomic E-state index is 0.170. The van der Waals surface area contributed by atoms with Crippen molar-refractivity contribution in [3.63, 3.8) is 0 Å². The van der Waals surface area contributed by atoms with Crippen LogP contribution in [0.3, 0.4) is 0 Å². The lowest BCUT2D eigenvalue weighted by Crippen LogP contribution is -2.31. The third-order valence-corrected chi connectivity index (χ3v) is 6.50. The minimum Gasteiger partial charge on any atom is -0.497 e. The van der Waals surface area contributed by atoms with E-state index in [0.29, 0.717) is 23.3 Å². The van der Waals surface area contributed by atoms with E-state index in [0.717, 1.165) is 10.8 Å². The number of methoxy groups -OCH3 is 1. The van der Waals surface area contributed by atoms with E-state index in [4.69, 9.17) is 4.74 Å². The fourth-order valence-electron chi connectivity index (χ4n) is 3.77. The molecule has 1 heterocycles. The maximum Gasteiger partial charge on any atom is 0.271 e. The molecule has 1 N–H and O–H groups in total. The molecule has 28 heavy (non-hydrogen) atoms. The molecule has 1 aliphatic rings. The van der Waals surface area contributed by atoms with Gasteiger partial charge in [0.05, 0.1) is 7.11 Å². The number of nitrogens with zero attached hydrogens (tertiary/aromatic N) is 1. The van der Waals surface area contributed by atoms with Crippen LogP contribution in [0.15, 0.2) is 30.3 Å². The van der Waals surface area contributed by atoms with Crippen molar-refractivity contribution >= 4 is 32.7 Å². The summed E-state index contributed by atoms with van der Waals surface area (Å²) in [5.74, 6) is 0.177. The quantitative estimate of drug-likeness (QED) is 0.561. The molecular formula is C20H23NO6S. The number of carbonyl (C=O) groups is 2. The Balaban J connectivity index is 2.12. The summed E-state index contributed by atoms with van der Waals surface area (Å²) in [6.07, 6.45) is 0.904. The number of hydrogen-bond donors (Lipinski definition) is 1. The second-order valence-corrected chi connectivity index (χ2v) is 8.42. The highest BCUT2D eigenvalue weighted by atomic mass is 32.2. The van der Waals surface area contributed by atoms with Crippen LogP contribution < -0.4 is 4.74 Å². The molecule has 2 aromatic carbocycles. The van der Waals surface area contributed by atoms with Crippen LogP contribution in [0.2, 0.25) is 0 Å². The molecule has 1 aliphatic heterocycles. The summed E-state index contributed by atoms with van der Waals surface area (Å²) in [4.78, 5) is 25.1. The zero-order chi connectivity index (χ0) is 20.5. The number of ether oxygens (including phenoxy) is 1. The van der Waals surface area contributed by atoms with Gasteiger partial charge in [-0.3, -0.25) is 19.0 Å². The van der Waals surface area contributed by atoms with E-state index in [1.807, 2.05) is 6.07 Å². The predicted octanol–water partition coefficient (Wildman–Crippen LogP) is 2.88. The molecule has 150 valence electrons. The van der Waals surface area contributed by atoms with Gasteiger partial charge >= 0.3 is 0 Å². The fraction of sp³-hybridized carbons (Fsp3) is 0.400. The van der Waals surface area contributed by atoms with E-state index in [9.17, 15) is 22.6 Å². The van der Waals surface area contributed by atoms with Crippen LogP contribution in [0, 0.1) is 0 Å².